The highest BCUT2D eigenvalue weighted by atomic mass is 127. The van der Waals surface area contributed by atoms with E-state index < -0.39 is 0 Å². The Labute approximate surface area is 200 Å². The highest BCUT2D eigenvalue weighted by Gasteiger charge is 2.32. The van der Waals surface area contributed by atoms with Gasteiger partial charge < -0.3 is 14.5 Å². The van der Waals surface area contributed by atoms with Crippen molar-refractivity contribution in [2.45, 2.75) is 19.9 Å². The van der Waals surface area contributed by atoms with E-state index in [4.69, 9.17) is 4.74 Å². The van der Waals surface area contributed by atoms with Gasteiger partial charge in [0.2, 0.25) is 5.91 Å². The van der Waals surface area contributed by atoms with Gasteiger partial charge in [-0.1, -0.05) is 42.5 Å². The molecule has 3 aromatic rings. The van der Waals surface area contributed by atoms with E-state index >= 15 is 0 Å². The second-order valence-electron chi connectivity index (χ2n) is 7.56. The van der Waals surface area contributed by atoms with Crippen LogP contribution in [0.3, 0.4) is 0 Å². The molecule has 0 atom stereocenters. The van der Waals surface area contributed by atoms with Crippen LogP contribution in [-0.2, 0) is 20.9 Å². The lowest BCUT2D eigenvalue weighted by Crippen LogP contribution is -2.40. The topological polar surface area (TPSA) is 66.9 Å². The average molecular weight is 542 g/mol. The van der Waals surface area contributed by atoms with Crippen molar-refractivity contribution in [3.05, 3.63) is 75.4 Å². The normalized spacial score (nSPS) is 13.8. The summed E-state index contributed by atoms with van der Waals surface area (Å²) in [6.07, 6.45) is 0.0510. The third-order valence-corrected chi connectivity index (χ3v) is 6.16. The predicted molar refractivity (Wildman–Crippen MR) is 131 cm³/mol. The van der Waals surface area contributed by atoms with Gasteiger partial charge in [-0.2, -0.15) is 0 Å². The number of hydrogen-bond donors (Lipinski definition) is 0. The monoisotopic (exact) mass is 542 g/mol. The zero-order valence-electron chi connectivity index (χ0n) is 17.7. The number of halogens is 1. The molecule has 0 N–H and O–H groups in total. The van der Waals surface area contributed by atoms with Crippen molar-refractivity contribution >= 4 is 56.8 Å². The van der Waals surface area contributed by atoms with Crippen LogP contribution in [-0.4, -0.2) is 42.4 Å². The van der Waals surface area contributed by atoms with Gasteiger partial charge in [-0.15, -0.1) is 0 Å². The Morgan fingerprint density at radius 2 is 1.84 bits per heavy atom. The molecule has 0 aliphatic carbocycles. The fraction of sp³-hybridized carbons (Fsp3) is 0.240. The third-order valence-electron chi connectivity index (χ3n) is 5.49. The van der Waals surface area contributed by atoms with Crippen LogP contribution in [0.25, 0.3) is 10.8 Å². The standard InChI is InChI=1S/C25H23IN2O4/c1-2-32-24(30)12-13-27-16-23(29)28(22-11-10-19(26)14-21(22)25(27)31)15-18-8-5-7-17-6-3-4-9-20(17)18/h3-11,14H,2,12-13,15-16H2,1H3. The molecule has 2 amide bonds. The van der Waals surface area contributed by atoms with E-state index in [0.717, 1.165) is 19.9 Å². The van der Waals surface area contributed by atoms with E-state index in [-0.39, 0.29) is 43.9 Å². The number of carbonyl (C=O) groups is 3. The molecule has 3 aromatic carbocycles. The maximum atomic E-state index is 13.3. The molecule has 1 heterocycles. The molecule has 32 heavy (non-hydrogen) atoms. The molecule has 164 valence electrons. The zero-order chi connectivity index (χ0) is 22.7. The predicted octanol–water partition coefficient (Wildman–Crippen LogP) is 4.39. The van der Waals surface area contributed by atoms with Crippen LogP contribution < -0.4 is 4.90 Å². The highest BCUT2D eigenvalue weighted by molar-refractivity contribution is 14.1. The minimum atomic E-state index is -0.382. The summed E-state index contributed by atoms with van der Waals surface area (Å²) in [6.45, 7) is 2.42. The highest BCUT2D eigenvalue weighted by Crippen LogP contribution is 2.30. The maximum Gasteiger partial charge on any atom is 0.307 e. The fourth-order valence-corrected chi connectivity index (χ4v) is 4.45. The van der Waals surface area contributed by atoms with Gasteiger partial charge in [0, 0.05) is 10.1 Å². The second kappa shape index (κ2) is 9.68. The molecule has 0 saturated carbocycles. The molecule has 0 unspecified atom stereocenters. The van der Waals surface area contributed by atoms with Crippen LogP contribution in [0, 0.1) is 3.57 Å². The summed E-state index contributed by atoms with van der Waals surface area (Å²) in [5.74, 6) is -0.820. The number of nitrogens with zero attached hydrogens (tertiary/aromatic N) is 2. The SMILES string of the molecule is CCOC(=O)CCN1CC(=O)N(Cc2cccc3ccccc23)c2ccc(I)cc2C1=O. The molecule has 7 heteroatoms. The van der Waals surface area contributed by atoms with E-state index in [1.807, 2.05) is 54.6 Å². The van der Waals surface area contributed by atoms with E-state index in [1.54, 1.807) is 17.9 Å². The number of fused-ring (bicyclic) bond motifs is 2. The van der Waals surface area contributed by atoms with Gasteiger partial charge in [0.1, 0.15) is 6.54 Å². The van der Waals surface area contributed by atoms with Gasteiger partial charge in [-0.05, 0) is 64.0 Å². The first-order chi connectivity index (χ1) is 15.5. The van der Waals surface area contributed by atoms with Crippen molar-refractivity contribution in [2.75, 3.05) is 24.6 Å². The first-order valence-electron chi connectivity index (χ1n) is 10.5. The largest absolute Gasteiger partial charge is 0.466 e. The van der Waals surface area contributed by atoms with E-state index in [0.29, 0.717) is 17.8 Å². The Balaban J connectivity index is 1.69. The van der Waals surface area contributed by atoms with E-state index in [1.165, 1.54) is 4.90 Å². The molecule has 4 rings (SSSR count). The molecule has 6 nitrogen and oxygen atoms in total. The van der Waals surface area contributed by atoms with Crippen molar-refractivity contribution in [1.82, 2.24) is 4.90 Å². The summed E-state index contributed by atoms with van der Waals surface area (Å²) in [5.41, 5.74) is 2.06. The van der Waals surface area contributed by atoms with Crippen LogP contribution >= 0.6 is 22.6 Å². The Morgan fingerprint density at radius 3 is 2.66 bits per heavy atom. The van der Waals surface area contributed by atoms with Crippen LogP contribution in [0.5, 0.6) is 0 Å². The summed E-state index contributed by atoms with van der Waals surface area (Å²) in [7, 11) is 0. The number of rotatable bonds is 6. The minimum absolute atomic E-state index is 0.0510. The Hall–Kier alpha value is -2.94. The lowest BCUT2D eigenvalue weighted by atomic mass is 10.0. The average Bonchev–Trinajstić information content (AvgIpc) is 2.88. The molecule has 0 bridgehead atoms. The Bertz CT molecular complexity index is 1190. The lowest BCUT2D eigenvalue weighted by molar-refractivity contribution is -0.143. The van der Waals surface area contributed by atoms with Gasteiger partial charge in [-0.3, -0.25) is 14.4 Å². The molecule has 0 saturated heterocycles. The molecular formula is C25H23IN2O4. The molecule has 1 aliphatic rings. The summed E-state index contributed by atoms with van der Waals surface area (Å²) in [5, 5.41) is 2.17. The quantitative estimate of drug-likeness (QED) is 0.343. The number of benzene rings is 3. The molecule has 0 radical (unpaired) electrons. The fourth-order valence-electron chi connectivity index (χ4n) is 3.95. The van der Waals surface area contributed by atoms with Gasteiger partial charge in [0.25, 0.3) is 5.91 Å². The van der Waals surface area contributed by atoms with Crippen molar-refractivity contribution in [3.63, 3.8) is 0 Å². The maximum absolute atomic E-state index is 13.3. The van der Waals surface area contributed by atoms with Gasteiger partial charge in [0.15, 0.2) is 0 Å². The second-order valence-corrected chi connectivity index (χ2v) is 8.81. The summed E-state index contributed by atoms with van der Waals surface area (Å²) >= 11 is 2.16. The van der Waals surface area contributed by atoms with Crippen molar-refractivity contribution in [3.8, 4) is 0 Å². The third kappa shape index (κ3) is 4.62. The van der Waals surface area contributed by atoms with Crippen molar-refractivity contribution < 1.29 is 19.1 Å². The number of anilines is 1. The first kappa shape index (κ1) is 22.3. The van der Waals surface area contributed by atoms with Crippen molar-refractivity contribution in [2.24, 2.45) is 0 Å². The number of hydrogen-bond acceptors (Lipinski definition) is 4. The van der Waals surface area contributed by atoms with E-state index in [2.05, 4.69) is 22.6 Å². The number of carbonyl (C=O) groups excluding carboxylic acids is 3. The molecule has 0 spiro atoms. The van der Waals surface area contributed by atoms with Crippen LogP contribution in [0.15, 0.2) is 60.7 Å². The smallest absolute Gasteiger partial charge is 0.307 e. The molecule has 0 aromatic heterocycles. The number of ether oxygens (including phenoxy) is 1. The lowest BCUT2D eigenvalue weighted by Gasteiger charge is -2.23. The molecule has 0 fully saturated rings. The van der Waals surface area contributed by atoms with Crippen LogP contribution in [0.1, 0.15) is 29.3 Å². The van der Waals surface area contributed by atoms with Gasteiger partial charge in [0.05, 0.1) is 30.8 Å². The first-order valence-corrected chi connectivity index (χ1v) is 11.6. The molecule has 1 aliphatic heterocycles. The van der Waals surface area contributed by atoms with E-state index in [9.17, 15) is 14.4 Å². The number of amides is 2. The van der Waals surface area contributed by atoms with Gasteiger partial charge in [-0.25, -0.2) is 0 Å². The van der Waals surface area contributed by atoms with Crippen molar-refractivity contribution in [1.29, 1.82) is 0 Å². The molecular weight excluding hydrogens is 519 g/mol. The van der Waals surface area contributed by atoms with Crippen LogP contribution in [0.4, 0.5) is 5.69 Å². The Kier molecular flexibility index (Phi) is 6.74. The van der Waals surface area contributed by atoms with Gasteiger partial charge >= 0.3 is 5.97 Å². The minimum Gasteiger partial charge on any atom is -0.466 e. The summed E-state index contributed by atoms with van der Waals surface area (Å²) < 4.78 is 5.88. The summed E-state index contributed by atoms with van der Waals surface area (Å²) in [6, 6.07) is 19.6. The Morgan fingerprint density at radius 1 is 1.06 bits per heavy atom. The number of esters is 1. The zero-order valence-corrected chi connectivity index (χ0v) is 19.9. The summed E-state index contributed by atoms with van der Waals surface area (Å²) in [4.78, 5) is 41.6. The van der Waals surface area contributed by atoms with Crippen LogP contribution in [0.2, 0.25) is 0 Å².